The Morgan fingerprint density at radius 3 is 3.06 bits per heavy atom. The van der Waals surface area contributed by atoms with Gasteiger partial charge in [-0.05, 0) is 24.1 Å². The molecule has 2 N–H and O–H groups in total. The number of aryl methyl sites for hydroxylation is 1. The number of hydrogen-bond acceptors (Lipinski definition) is 4. The van der Waals surface area contributed by atoms with Gasteiger partial charge in [0, 0.05) is 6.54 Å². The number of aliphatic carboxylic acids is 1. The molecule has 0 aliphatic carbocycles. The summed E-state index contributed by atoms with van der Waals surface area (Å²) in [6.45, 7) is 2.53. The van der Waals surface area contributed by atoms with Gasteiger partial charge in [-0.3, -0.25) is 4.79 Å². The van der Waals surface area contributed by atoms with Gasteiger partial charge in [-0.15, -0.1) is 0 Å². The van der Waals surface area contributed by atoms with Crippen LogP contribution in [0.4, 0.5) is 5.13 Å². The van der Waals surface area contributed by atoms with Gasteiger partial charge in [0.05, 0.1) is 16.6 Å². The van der Waals surface area contributed by atoms with Crippen molar-refractivity contribution >= 4 is 32.7 Å². The molecule has 0 bridgehead atoms. The normalized spacial score (nSPS) is 10.6. The van der Waals surface area contributed by atoms with Gasteiger partial charge in [0.2, 0.25) is 0 Å². The molecule has 5 heteroatoms. The fourth-order valence-electron chi connectivity index (χ4n) is 1.54. The Bertz CT molecular complexity index is 536. The highest BCUT2D eigenvalue weighted by atomic mass is 32.1. The van der Waals surface area contributed by atoms with Gasteiger partial charge < -0.3 is 10.4 Å². The van der Waals surface area contributed by atoms with Gasteiger partial charge >= 0.3 is 5.97 Å². The molecule has 0 saturated heterocycles. The lowest BCUT2D eigenvalue weighted by molar-refractivity contribution is -0.136. The van der Waals surface area contributed by atoms with Crippen molar-refractivity contribution in [2.75, 3.05) is 11.9 Å². The number of carboxylic acid groups (broad SMARTS) is 1. The monoisotopic (exact) mass is 250 g/mol. The fraction of sp³-hybridized carbons (Fsp3) is 0.333. The molecule has 0 unspecified atom stereocenters. The van der Waals surface area contributed by atoms with Crippen LogP contribution in [0.25, 0.3) is 10.2 Å². The largest absolute Gasteiger partial charge is 0.481 e. The smallest absolute Gasteiger partial charge is 0.305 e. The van der Waals surface area contributed by atoms with Gasteiger partial charge in [-0.25, -0.2) is 4.98 Å². The first kappa shape index (κ1) is 11.9. The van der Waals surface area contributed by atoms with Crippen molar-refractivity contribution in [1.82, 2.24) is 4.98 Å². The minimum atomic E-state index is -0.799. The Morgan fingerprint density at radius 2 is 2.35 bits per heavy atom. The summed E-state index contributed by atoms with van der Waals surface area (Å²) in [6.07, 6.45) is 1.12. The zero-order valence-electron chi connectivity index (χ0n) is 9.56. The van der Waals surface area contributed by atoms with Gasteiger partial charge in [-0.2, -0.15) is 0 Å². The fourth-order valence-corrected chi connectivity index (χ4v) is 2.50. The minimum Gasteiger partial charge on any atom is -0.481 e. The molecule has 0 spiro atoms. The highest BCUT2D eigenvalue weighted by Crippen LogP contribution is 2.26. The second-order valence-corrected chi connectivity index (χ2v) is 4.78. The van der Waals surface area contributed by atoms with Gasteiger partial charge in [-0.1, -0.05) is 24.3 Å². The van der Waals surface area contributed by atoms with E-state index in [0.717, 1.165) is 21.8 Å². The van der Waals surface area contributed by atoms with Crippen LogP contribution in [0.5, 0.6) is 0 Å². The number of nitrogens with zero attached hydrogens (tertiary/aromatic N) is 1. The second kappa shape index (κ2) is 5.14. The highest BCUT2D eigenvalue weighted by Gasteiger charge is 2.04. The topological polar surface area (TPSA) is 62.2 Å². The lowest BCUT2D eigenvalue weighted by Crippen LogP contribution is -2.06. The zero-order valence-corrected chi connectivity index (χ0v) is 10.4. The van der Waals surface area contributed by atoms with Crippen molar-refractivity contribution in [1.29, 1.82) is 0 Å². The maximum atomic E-state index is 10.4. The lowest BCUT2D eigenvalue weighted by atomic mass is 10.2. The predicted octanol–water partition coefficient (Wildman–Crippen LogP) is 2.75. The number of rotatable bonds is 5. The Morgan fingerprint density at radius 1 is 1.53 bits per heavy atom. The van der Waals surface area contributed by atoms with Crippen LogP contribution < -0.4 is 5.32 Å². The molecule has 0 radical (unpaired) electrons. The van der Waals surface area contributed by atoms with Crippen LogP contribution in [0.1, 0.15) is 18.9 Å². The number of aromatic nitrogens is 1. The first-order chi connectivity index (χ1) is 8.19. The number of carboxylic acids is 1. The third-order valence-corrected chi connectivity index (χ3v) is 3.45. The average Bonchev–Trinajstić information content (AvgIpc) is 2.69. The molecule has 1 aromatic heterocycles. The molecule has 1 heterocycles. The third-order valence-electron chi connectivity index (χ3n) is 2.48. The molecule has 0 aliphatic heterocycles. The second-order valence-electron chi connectivity index (χ2n) is 3.75. The Labute approximate surface area is 103 Å². The maximum Gasteiger partial charge on any atom is 0.305 e. The van der Waals surface area contributed by atoms with Crippen LogP contribution in [0.2, 0.25) is 0 Å². The molecular weight excluding hydrogens is 236 g/mol. The maximum absolute atomic E-state index is 10.4. The molecule has 17 heavy (non-hydrogen) atoms. The molecule has 4 nitrogen and oxygen atoms in total. The van der Waals surface area contributed by atoms with Crippen LogP contribution in [0.3, 0.4) is 0 Å². The SMILES string of the molecule is CCc1ccc2nc(NCCC(=O)O)sc2c1. The van der Waals surface area contributed by atoms with E-state index in [2.05, 4.69) is 29.4 Å². The lowest BCUT2D eigenvalue weighted by Gasteiger charge is -1.97. The summed E-state index contributed by atoms with van der Waals surface area (Å²) in [5, 5.41) is 12.4. The van der Waals surface area contributed by atoms with E-state index < -0.39 is 5.97 Å². The Hall–Kier alpha value is -1.62. The molecule has 1 aromatic carbocycles. The predicted molar refractivity (Wildman–Crippen MR) is 69.7 cm³/mol. The summed E-state index contributed by atoms with van der Waals surface area (Å²) < 4.78 is 1.14. The molecular formula is C12H14N2O2S. The molecule has 0 atom stereocenters. The number of anilines is 1. The van der Waals surface area contributed by atoms with Gasteiger partial charge in [0.1, 0.15) is 0 Å². The number of nitrogens with one attached hydrogen (secondary N) is 1. The minimum absolute atomic E-state index is 0.107. The summed E-state index contributed by atoms with van der Waals surface area (Å²) in [5.74, 6) is -0.799. The van der Waals surface area contributed by atoms with E-state index in [1.165, 1.54) is 5.56 Å². The number of hydrogen-bond donors (Lipinski definition) is 2. The van der Waals surface area contributed by atoms with Crippen molar-refractivity contribution in [3.8, 4) is 0 Å². The molecule has 2 aromatic rings. The Kier molecular flexibility index (Phi) is 3.58. The standard InChI is InChI=1S/C12H14N2O2S/c1-2-8-3-4-9-10(7-8)17-12(14-9)13-6-5-11(15)16/h3-4,7H,2,5-6H2,1H3,(H,13,14)(H,15,16). The number of benzene rings is 1. The number of thiazole rings is 1. The van der Waals surface area contributed by atoms with Crippen molar-refractivity contribution in [2.45, 2.75) is 19.8 Å². The molecule has 0 aliphatic rings. The average molecular weight is 250 g/mol. The van der Waals surface area contributed by atoms with Crippen LogP contribution in [0.15, 0.2) is 18.2 Å². The summed E-state index contributed by atoms with van der Waals surface area (Å²) in [4.78, 5) is 14.8. The molecule has 90 valence electrons. The van der Waals surface area contributed by atoms with E-state index in [4.69, 9.17) is 5.11 Å². The van der Waals surface area contributed by atoms with Crippen LogP contribution in [-0.4, -0.2) is 22.6 Å². The molecule has 0 saturated carbocycles. The quantitative estimate of drug-likeness (QED) is 0.856. The van der Waals surface area contributed by atoms with E-state index in [-0.39, 0.29) is 6.42 Å². The first-order valence-corrected chi connectivity index (χ1v) is 6.36. The molecule has 0 fully saturated rings. The van der Waals surface area contributed by atoms with Crippen molar-refractivity contribution in [2.24, 2.45) is 0 Å². The van der Waals surface area contributed by atoms with Gasteiger partial charge in [0.15, 0.2) is 5.13 Å². The van der Waals surface area contributed by atoms with Crippen molar-refractivity contribution < 1.29 is 9.90 Å². The Balaban J connectivity index is 2.11. The van der Waals surface area contributed by atoms with Crippen LogP contribution in [0, 0.1) is 0 Å². The van der Waals surface area contributed by atoms with Crippen LogP contribution >= 0.6 is 11.3 Å². The summed E-state index contributed by atoms with van der Waals surface area (Å²) in [5.41, 5.74) is 2.25. The van der Waals surface area contributed by atoms with Gasteiger partial charge in [0.25, 0.3) is 0 Å². The van der Waals surface area contributed by atoms with E-state index in [1.54, 1.807) is 11.3 Å². The summed E-state index contributed by atoms with van der Waals surface area (Å²) >= 11 is 1.56. The van der Waals surface area contributed by atoms with Crippen LogP contribution in [-0.2, 0) is 11.2 Å². The zero-order chi connectivity index (χ0) is 12.3. The van der Waals surface area contributed by atoms with E-state index >= 15 is 0 Å². The van der Waals surface area contributed by atoms with Crippen molar-refractivity contribution in [3.63, 3.8) is 0 Å². The number of fused-ring (bicyclic) bond motifs is 1. The third kappa shape index (κ3) is 2.94. The summed E-state index contributed by atoms with van der Waals surface area (Å²) in [6, 6.07) is 6.21. The number of carbonyl (C=O) groups is 1. The molecule has 2 rings (SSSR count). The highest BCUT2D eigenvalue weighted by molar-refractivity contribution is 7.22. The van der Waals surface area contributed by atoms with E-state index in [9.17, 15) is 4.79 Å². The van der Waals surface area contributed by atoms with E-state index in [1.807, 2.05) is 6.07 Å². The molecule has 0 amide bonds. The first-order valence-electron chi connectivity index (χ1n) is 5.54. The van der Waals surface area contributed by atoms with Crippen molar-refractivity contribution in [3.05, 3.63) is 23.8 Å². The summed E-state index contributed by atoms with van der Waals surface area (Å²) in [7, 11) is 0. The van der Waals surface area contributed by atoms with E-state index in [0.29, 0.717) is 6.54 Å².